The van der Waals surface area contributed by atoms with Gasteiger partial charge in [-0.25, -0.2) is 0 Å². The molecule has 0 N–H and O–H groups in total. The van der Waals surface area contributed by atoms with Gasteiger partial charge < -0.3 is 14.2 Å². The zero-order chi connectivity index (χ0) is 58.5. The fraction of sp³-hybridized carbons (Fsp3) is 0.480. The molecule has 0 aliphatic rings. The van der Waals surface area contributed by atoms with Gasteiger partial charge in [0.05, 0.1) is 0 Å². The maximum Gasteiger partial charge on any atom is 0.306 e. The van der Waals surface area contributed by atoms with E-state index in [-0.39, 0.29) is 50.4 Å². The van der Waals surface area contributed by atoms with Crippen molar-refractivity contribution in [2.45, 2.75) is 219 Å². The zero-order valence-electron chi connectivity index (χ0n) is 50.9. The molecule has 0 heterocycles. The molecule has 6 heteroatoms. The molecule has 1 atom stereocenters. The maximum atomic E-state index is 12.9. The first-order valence-corrected chi connectivity index (χ1v) is 31.2. The molecule has 0 aromatic rings. The molecule has 0 radical (unpaired) electrons. The molecule has 0 aromatic heterocycles. The summed E-state index contributed by atoms with van der Waals surface area (Å²) in [6.45, 7) is 6.14. The van der Waals surface area contributed by atoms with Gasteiger partial charge in [-0.15, -0.1) is 0 Å². The first-order chi connectivity index (χ1) is 40.0. The van der Waals surface area contributed by atoms with Gasteiger partial charge in [0, 0.05) is 19.3 Å². The van der Waals surface area contributed by atoms with Crippen molar-refractivity contribution in [1.29, 1.82) is 0 Å². The van der Waals surface area contributed by atoms with Crippen molar-refractivity contribution in [2.75, 3.05) is 13.2 Å². The van der Waals surface area contributed by atoms with Crippen molar-refractivity contribution < 1.29 is 28.6 Å². The molecular weight excluding hydrogens is 997 g/mol. The van der Waals surface area contributed by atoms with Gasteiger partial charge in [0.25, 0.3) is 0 Å². The van der Waals surface area contributed by atoms with Crippen molar-refractivity contribution in [3.05, 3.63) is 219 Å². The Morgan fingerprint density at radius 3 is 0.802 bits per heavy atom. The Bertz CT molecular complexity index is 2050. The molecule has 0 aliphatic carbocycles. The van der Waals surface area contributed by atoms with Crippen molar-refractivity contribution >= 4 is 17.9 Å². The summed E-state index contributed by atoms with van der Waals surface area (Å²) in [6.07, 6.45) is 104. The van der Waals surface area contributed by atoms with Crippen molar-refractivity contribution in [1.82, 2.24) is 0 Å². The lowest BCUT2D eigenvalue weighted by Gasteiger charge is -2.18. The monoisotopic (exact) mass is 1110 g/mol. The van der Waals surface area contributed by atoms with E-state index in [1.807, 2.05) is 12.2 Å². The van der Waals surface area contributed by atoms with Gasteiger partial charge in [-0.05, 0) is 154 Å². The van der Waals surface area contributed by atoms with E-state index < -0.39 is 6.10 Å². The second-order valence-electron chi connectivity index (χ2n) is 19.5. The van der Waals surface area contributed by atoms with Crippen LogP contribution < -0.4 is 0 Å². The van der Waals surface area contributed by atoms with E-state index in [1.54, 1.807) is 0 Å². The third kappa shape index (κ3) is 64.4. The lowest BCUT2D eigenvalue weighted by molar-refractivity contribution is -0.166. The van der Waals surface area contributed by atoms with Crippen molar-refractivity contribution in [3.63, 3.8) is 0 Å². The summed E-state index contributed by atoms with van der Waals surface area (Å²) in [5.41, 5.74) is 0. The molecule has 81 heavy (non-hydrogen) atoms. The lowest BCUT2D eigenvalue weighted by Crippen LogP contribution is -2.30. The molecule has 6 nitrogen and oxygen atoms in total. The Balaban J connectivity index is 4.69. The van der Waals surface area contributed by atoms with Gasteiger partial charge in [-0.1, -0.05) is 259 Å². The Hall–Kier alpha value is -6.27. The quantitative estimate of drug-likeness (QED) is 0.0261. The number of allylic oxidation sites excluding steroid dienone is 36. The standard InChI is InChI=1S/C75H110O6/c1-4-7-10-13-16-19-22-25-28-31-34-36-37-39-41-44-47-50-53-56-59-62-65-68-74(77)80-71-72(70-79-73(76)67-64-61-58-55-52-49-46-43-40-33-30-27-24-21-18-15-12-9-6-3)81-75(78)69-66-63-60-57-54-51-48-45-42-38-35-32-29-26-23-20-17-14-11-8-5-2/h7-12,16-21,25-30,34-36,38-41,43,45,47-50,52,56,58-59,61,72H,4-6,13-15,22-24,31-33,37,42,44,46,51,53-55,57,60,62-71H2,1-3H3/b10-7-,11-8-,12-9-,19-16-,20-17-,21-18-,28-25-,29-26-,30-27-,36-34-,38-35-,41-39-,43-40-,48-45-,50-47-,52-49-,59-56-,61-58-. The van der Waals surface area contributed by atoms with Gasteiger partial charge >= 0.3 is 17.9 Å². The van der Waals surface area contributed by atoms with Crippen LogP contribution in [0, 0.1) is 0 Å². The van der Waals surface area contributed by atoms with Crippen LogP contribution in [0.15, 0.2) is 219 Å². The minimum atomic E-state index is -0.860. The molecule has 0 amide bonds. The minimum Gasteiger partial charge on any atom is -0.462 e. The van der Waals surface area contributed by atoms with Crippen LogP contribution in [0.5, 0.6) is 0 Å². The van der Waals surface area contributed by atoms with E-state index in [4.69, 9.17) is 14.2 Å². The summed E-state index contributed by atoms with van der Waals surface area (Å²) in [5.74, 6) is -1.13. The molecule has 0 fully saturated rings. The topological polar surface area (TPSA) is 78.9 Å². The fourth-order valence-corrected chi connectivity index (χ4v) is 7.42. The number of esters is 3. The average molecular weight is 1110 g/mol. The van der Waals surface area contributed by atoms with Crippen LogP contribution in [0.4, 0.5) is 0 Å². The normalized spacial score (nSPS) is 13.7. The molecule has 0 spiro atoms. The van der Waals surface area contributed by atoms with E-state index in [1.165, 1.54) is 0 Å². The smallest absolute Gasteiger partial charge is 0.306 e. The van der Waals surface area contributed by atoms with Crippen LogP contribution in [-0.4, -0.2) is 37.2 Å². The lowest BCUT2D eigenvalue weighted by atomic mass is 10.1. The molecule has 446 valence electrons. The van der Waals surface area contributed by atoms with Crippen LogP contribution >= 0.6 is 0 Å². The summed E-state index contributed by atoms with van der Waals surface area (Å²) < 4.78 is 16.8. The summed E-state index contributed by atoms with van der Waals surface area (Å²) in [7, 11) is 0. The number of ether oxygens (including phenoxy) is 3. The number of rotatable bonds is 53. The molecule has 0 bridgehead atoms. The summed E-state index contributed by atoms with van der Waals surface area (Å²) in [4.78, 5) is 38.3. The Morgan fingerprint density at radius 1 is 0.247 bits per heavy atom. The highest BCUT2D eigenvalue weighted by Gasteiger charge is 2.19. The number of unbranched alkanes of at least 4 members (excludes halogenated alkanes) is 6. The van der Waals surface area contributed by atoms with Gasteiger partial charge in [0.15, 0.2) is 6.10 Å². The van der Waals surface area contributed by atoms with Crippen LogP contribution in [-0.2, 0) is 28.6 Å². The van der Waals surface area contributed by atoms with Crippen LogP contribution in [0.1, 0.15) is 213 Å². The molecule has 0 saturated heterocycles. The largest absolute Gasteiger partial charge is 0.462 e. The predicted molar refractivity (Wildman–Crippen MR) is 352 cm³/mol. The molecule has 0 aromatic carbocycles. The number of hydrogen-bond acceptors (Lipinski definition) is 6. The summed E-state index contributed by atoms with van der Waals surface area (Å²) >= 11 is 0. The second-order valence-corrected chi connectivity index (χ2v) is 19.5. The highest BCUT2D eigenvalue weighted by Crippen LogP contribution is 2.11. The van der Waals surface area contributed by atoms with Crippen LogP contribution in [0.25, 0.3) is 0 Å². The van der Waals surface area contributed by atoms with Gasteiger partial charge in [-0.3, -0.25) is 14.4 Å². The second kappa shape index (κ2) is 66.2. The number of hydrogen-bond donors (Lipinski definition) is 0. The van der Waals surface area contributed by atoms with Gasteiger partial charge in [0.1, 0.15) is 13.2 Å². The Morgan fingerprint density at radius 2 is 0.481 bits per heavy atom. The van der Waals surface area contributed by atoms with Crippen molar-refractivity contribution in [2.24, 2.45) is 0 Å². The zero-order valence-corrected chi connectivity index (χ0v) is 50.9. The molecule has 0 rings (SSSR count). The van der Waals surface area contributed by atoms with E-state index in [9.17, 15) is 14.4 Å². The molecule has 0 aliphatic heterocycles. The van der Waals surface area contributed by atoms with E-state index in [2.05, 4.69) is 227 Å². The predicted octanol–water partition coefficient (Wildman–Crippen LogP) is 21.8. The van der Waals surface area contributed by atoms with E-state index in [0.29, 0.717) is 19.3 Å². The number of carbonyl (C=O) groups is 3. The highest BCUT2D eigenvalue weighted by atomic mass is 16.6. The summed E-state index contributed by atoms with van der Waals surface area (Å²) in [5, 5.41) is 0. The Labute approximate surface area is 495 Å². The van der Waals surface area contributed by atoms with Gasteiger partial charge in [0.2, 0.25) is 0 Å². The first-order valence-electron chi connectivity index (χ1n) is 31.2. The minimum absolute atomic E-state index is 0.153. The van der Waals surface area contributed by atoms with Crippen LogP contribution in [0.3, 0.4) is 0 Å². The average Bonchev–Trinajstić information content (AvgIpc) is 3.47. The Kier molecular flexibility index (Phi) is 61.1. The molecule has 1 unspecified atom stereocenters. The van der Waals surface area contributed by atoms with Gasteiger partial charge in [-0.2, -0.15) is 0 Å². The van der Waals surface area contributed by atoms with E-state index in [0.717, 1.165) is 154 Å². The third-order valence-electron chi connectivity index (χ3n) is 12.0. The SMILES string of the molecule is CC/C=C\C/C=C\C/C=C\C/C=C\C/C=C\C/C=C\C/C=C\CCCC(=O)OCC(COC(=O)CC/C=C\C/C=C\C/C=C\C/C=C\C/C=C\C/C=C\CC)OC(=O)CCCCCCC/C=C\C/C=C\C/C=C\C/C=C\C/C=C\CC. The molecule has 0 saturated carbocycles. The third-order valence-corrected chi connectivity index (χ3v) is 12.0. The maximum absolute atomic E-state index is 12.9. The summed E-state index contributed by atoms with van der Waals surface area (Å²) in [6, 6.07) is 0. The number of carbonyl (C=O) groups excluding carboxylic acids is 3. The molecular formula is C75H110O6. The van der Waals surface area contributed by atoms with Crippen molar-refractivity contribution in [3.8, 4) is 0 Å². The highest BCUT2D eigenvalue weighted by molar-refractivity contribution is 5.71. The first kappa shape index (κ1) is 74.7. The van der Waals surface area contributed by atoms with E-state index >= 15 is 0 Å². The van der Waals surface area contributed by atoms with Crippen LogP contribution in [0.2, 0.25) is 0 Å². The fourth-order valence-electron chi connectivity index (χ4n) is 7.42.